The van der Waals surface area contributed by atoms with Crippen LogP contribution in [-0.4, -0.2) is 46.5 Å². The number of anilines is 2. The summed E-state index contributed by atoms with van der Waals surface area (Å²) in [5.74, 6) is 4.41. The van der Waals surface area contributed by atoms with Gasteiger partial charge in [-0.1, -0.05) is 19.8 Å². The molecule has 1 aromatic heterocycles. The first kappa shape index (κ1) is 20.3. The molecule has 0 saturated carbocycles. The van der Waals surface area contributed by atoms with E-state index in [0.717, 1.165) is 5.56 Å². The fraction of sp³-hybridized carbons (Fsp3) is 0.368. The van der Waals surface area contributed by atoms with Crippen molar-refractivity contribution in [1.82, 2.24) is 9.97 Å². The lowest BCUT2D eigenvalue weighted by Crippen LogP contribution is -2.28. The van der Waals surface area contributed by atoms with Crippen molar-refractivity contribution in [2.75, 3.05) is 31.4 Å². The summed E-state index contributed by atoms with van der Waals surface area (Å²) in [5, 5.41) is 21.0. The number of hydrogen-bond acceptors (Lipinski definition) is 8. The standard InChI is InChI=1S/C19H24N4O4/c1-5-12-6-16(14(11(2)3)7-15(12)26-4)27-17-8-21-19(23-18(17)20)22-13(9-24)10-25/h1,6-8,11,13,24-25H,9-10H2,2-4H3,(H3,20,21,22,23). The smallest absolute Gasteiger partial charge is 0.225 e. The van der Waals surface area contributed by atoms with E-state index in [2.05, 4.69) is 21.2 Å². The number of nitrogens with two attached hydrogens (primary N) is 1. The van der Waals surface area contributed by atoms with Gasteiger partial charge in [0.25, 0.3) is 0 Å². The quantitative estimate of drug-likeness (QED) is 0.517. The zero-order valence-corrected chi connectivity index (χ0v) is 15.6. The van der Waals surface area contributed by atoms with Crippen molar-refractivity contribution in [2.24, 2.45) is 0 Å². The molecular formula is C19H24N4O4. The highest BCUT2D eigenvalue weighted by molar-refractivity contribution is 5.57. The monoisotopic (exact) mass is 372 g/mol. The van der Waals surface area contributed by atoms with Gasteiger partial charge in [0.2, 0.25) is 5.95 Å². The fourth-order valence-electron chi connectivity index (χ4n) is 2.38. The van der Waals surface area contributed by atoms with Crippen LogP contribution in [0.15, 0.2) is 18.3 Å². The molecule has 8 nitrogen and oxygen atoms in total. The first-order valence-corrected chi connectivity index (χ1v) is 8.40. The van der Waals surface area contributed by atoms with Gasteiger partial charge in [0.05, 0.1) is 38.1 Å². The highest BCUT2D eigenvalue weighted by Gasteiger charge is 2.16. The normalized spacial score (nSPS) is 10.7. The molecule has 1 aromatic carbocycles. The van der Waals surface area contributed by atoms with Gasteiger partial charge in [-0.3, -0.25) is 0 Å². The molecule has 0 aliphatic carbocycles. The third-order valence-electron chi connectivity index (χ3n) is 3.89. The van der Waals surface area contributed by atoms with Crippen LogP contribution in [0.4, 0.5) is 11.8 Å². The molecule has 0 fully saturated rings. The first-order valence-electron chi connectivity index (χ1n) is 8.40. The van der Waals surface area contributed by atoms with Crippen LogP contribution in [0.5, 0.6) is 17.2 Å². The zero-order chi connectivity index (χ0) is 20.0. The van der Waals surface area contributed by atoms with E-state index in [4.69, 9.17) is 31.8 Å². The Hall–Kier alpha value is -3.02. The molecule has 5 N–H and O–H groups in total. The van der Waals surface area contributed by atoms with E-state index in [1.165, 1.54) is 6.20 Å². The molecule has 27 heavy (non-hydrogen) atoms. The Kier molecular flexibility index (Phi) is 6.82. The summed E-state index contributed by atoms with van der Waals surface area (Å²) < 4.78 is 11.3. The summed E-state index contributed by atoms with van der Waals surface area (Å²) >= 11 is 0. The number of aromatic nitrogens is 2. The number of aliphatic hydroxyl groups excluding tert-OH is 2. The van der Waals surface area contributed by atoms with Gasteiger partial charge in [0.1, 0.15) is 11.5 Å². The number of methoxy groups -OCH3 is 1. The van der Waals surface area contributed by atoms with Crippen LogP contribution in [0.3, 0.4) is 0 Å². The minimum absolute atomic E-state index is 0.106. The lowest BCUT2D eigenvalue weighted by atomic mass is 9.99. The van der Waals surface area contributed by atoms with E-state index < -0.39 is 6.04 Å². The SMILES string of the molecule is C#Cc1cc(Oc2cnc(NC(CO)CO)nc2N)c(C(C)C)cc1OC. The number of terminal acetylenes is 1. The minimum atomic E-state index is -0.580. The average Bonchev–Trinajstić information content (AvgIpc) is 2.67. The Morgan fingerprint density at radius 1 is 1.22 bits per heavy atom. The molecule has 0 amide bonds. The highest BCUT2D eigenvalue weighted by atomic mass is 16.5. The van der Waals surface area contributed by atoms with Gasteiger partial charge >= 0.3 is 0 Å². The Morgan fingerprint density at radius 2 is 1.93 bits per heavy atom. The molecule has 2 aromatic rings. The lowest BCUT2D eigenvalue weighted by Gasteiger charge is -2.18. The number of rotatable bonds is 8. The summed E-state index contributed by atoms with van der Waals surface area (Å²) in [5.41, 5.74) is 7.43. The number of nitrogens with one attached hydrogen (secondary N) is 1. The van der Waals surface area contributed by atoms with Crippen LogP contribution in [0.25, 0.3) is 0 Å². The number of hydrogen-bond donors (Lipinski definition) is 4. The molecule has 0 radical (unpaired) electrons. The van der Waals surface area contributed by atoms with E-state index in [1.54, 1.807) is 13.2 Å². The largest absolute Gasteiger partial charge is 0.495 e. The molecule has 0 unspecified atom stereocenters. The summed E-state index contributed by atoms with van der Waals surface area (Å²) in [7, 11) is 1.56. The van der Waals surface area contributed by atoms with Gasteiger partial charge in [-0.15, -0.1) is 6.42 Å². The first-order chi connectivity index (χ1) is 12.9. The summed E-state index contributed by atoms with van der Waals surface area (Å²) in [6, 6.07) is 2.98. The number of benzene rings is 1. The van der Waals surface area contributed by atoms with Crippen LogP contribution in [-0.2, 0) is 0 Å². The third kappa shape index (κ3) is 4.78. The van der Waals surface area contributed by atoms with Crippen LogP contribution < -0.4 is 20.5 Å². The van der Waals surface area contributed by atoms with Gasteiger partial charge in [0, 0.05) is 11.6 Å². The molecule has 1 heterocycles. The zero-order valence-electron chi connectivity index (χ0n) is 15.6. The van der Waals surface area contributed by atoms with Gasteiger partial charge < -0.3 is 30.7 Å². The maximum Gasteiger partial charge on any atom is 0.225 e. The second-order valence-corrected chi connectivity index (χ2v) is 6.14. The molecule has 0 bridgehead atoms. The van der Waals surface area contributed by atoms with Crippen LogP contribution in [0.2, 0.25) is 0 Å². The minimum Gasteiger partial charge on any atom is -0.495 e. The number of aliphatic hydroxyl groups is 2. The molecule has 2 rings (SSSR count). The maximum absolute atomic E-state index is 9.12. The van der Waals surface area contributed by atoms with Crippen molar-refractivity contribution in [3.05, 3.63) is 29.5 Å². The van der Waals surface area contributed by atoms with E-state index in [-0.39, 0.29) is 36.6 Å². The van der Waals surface area contributed by atoms with Crippen molar-refractivity contribution in [1.29, 1.82) is 0 Å². The second-order valence-electron chi connectivity index (χ2n) is 6.14. The highest BCUT2D eigenvalue weighted by Crippen LogP contribution is 2.37. The van der Waals surface area contributed by atoms with Crippen molar-refractivity contribution < 1.29 is 19.7 Å². The summed E-state index contributed by atoms with van der Waals surface area (Å²) in [4.78, 5) is 8.21. The predicted octanol–water partition coefficient (Wildman–Crippen LogP) is 1.73. The topological polar surface area (TPSA) is 123 Å². The molecule has 0 aliphatic rings. The van der Waals surface area contributed by atoms with E-state index in [0.29, 0.717) is 17.1 Å². The van der Waals surface area contributed by atoms with E-state index in [9.17, 15) is 0 Å². The maximum atomic E-state index is 9.12. The summed E-state index contributed by atoms with van der Waals surface area (Å²) in [6.45, 7) is 3.51. The molecule has 0 atom stereocenters. The van der Waals surface area contributed by atoms with Gasteiger partial charge in [-0.05, 0) is 12.0 Å². The van der Waals surface area contributed by atoms with Crippen molar-refractivity contribution in [3.8, 4) is 29.6 Å². The number of nitrogens with zero attached hydrogens (tertiary/aromatic N) is 2. The van der Waals surface area contributed by atoms with Crippen molar-refractivity contribution >= 4 is 11.8 Å². The van der Waals surface area contributed by atoms with Gasteiger partial charge in [0.15, 0.2) is 11.6 Å². The van der Waals surface area contributed by atoms with Crippen LogP contribution in [0.1, 0.15) is 30.9 Å². The Balaban J connectivity index is 2.35. The number of nitrogen functional groups attached to an aromatic ring is 1. The van der Waals surface area contributed by atoms with Crippen molar-refractivity contribution in [3.63, 3.8) is 0 Å². The molecule has 0 aliphatic heterocycles. The summed E-state index contributed by atoms with van der Waals surface area (Å²) in [6.07, 6.45) is 6.97. The molecule has 144 valence electrons. The number of ether oxygens (including phenoxy) is 2. The Labute approximate surface area is 158 Å². The second kappa shape index (κ2) is 9.07. The Bertz CT molecular complexity index is 829. The predicted molar refractivity (Wildman–Crippen MR) is 103 cm³/mol. The lowest BCUT2D eigenvalue weighted by molar-refractivity contribution is 0.203. The van der Waals surface area contributed by atoms with Crippen molar-refractivity contribution in [2.45, 2.75) is 25.8 Å². The third-order valence-corrected chi connectivity index (χ3v) is 3.89. The van der Waals surface area contributed by atoms with E-state index >= 15 is 0 Å². The van der Waals surface area contributed by atoms with Crippen LogP contribution >= 0.6 is 0 Å². The van der Waals surface area contributed by atoms with Gasteiger partial charge in [-0.25, -0.2) is 4.98 Å². The van der Waals surface area contributed by atoms with Gasteiger partial charge in [-0.2, -0.15) is 4.98 Å². The molecule has 8 heteroatoms. The Morgan fingerprint density at radius 3 is 2.44 bits per heavy atom. The fourth-order valence-corrected chi connectivity index (χ4v) is 2.38. The molecule has 0 spiro atoms. The average molecular weight is 372 g/mol. The van der Waals surface area contributed by atoms with E-state index in [1.807, 2.05) is 19.9 Å². The molecular weight excluding hydrogens is 348 g/mol. The molecule has 0 saturated heterocycles. The van der Waals surface area contributed by atoms with Crippen LogP contribution in [0, 0.1) is 12.3 Å².